The third-order valence-electron chi connectivity index (χ3n) is 4.23. The standard InChI is InChI=1S/C17H26FNO/c1-4-19-17(10-13-8-15(9-13)20-5-2)16-11-14(18)7-6-12(16)3/h6-7,11,13,15,17,19H,4-5,8-10H2,1-3H3. The van der Waals surface area contributed by atoms with E-state index in [0.717, 1.165) is 43.5 Å². The molecule has 0 saturated heterocycles. The lowest BCUT2D eigenvalue weighted by atomic mass is 9.77. The average Bonchev–Trinajstić information content (AvgIpc) is 2.38. The topological polar surface area (TPSA) is 21.3 Å². The monoisotopic (exact) mass is 279 g/mol. The van der Waals surface area contributed by atoms with Crippen molar-refractivity contribution in [3.63, 3.8) is 0 Å². The third-order valence-corrected chi connectivity index (χ3v) is 4.23. The Balaban J connectivity index is 1.99. The number of rotatable bonds is 7. The molecule has 2 nitrogen and oxygen atoms in total. The van der Waals surface area contributed by atoms with Crippen LogP contribution in [0.3, 0.4) is 0 Å². The van der Waals surface area contributed by atoms with Crippen molar-refractivity contribution in [3.8, 4) is 0 Å². The van der Waals surface area contributed by atoms with E-state index in [1.807, 2.05) is 13.0 Å². The molecule has 0 aromatic heterocycles. The molecule has 20 heavy (non-hydrogen) atoms. The fourth-order valence-electron chi connectivity index (χ4n) is 3.13. The Morgan fingerprint density at radius 3 is 2.75 bits per heavy atom. The van der Waals surface area contributed by atoms with Crippen LogP contribution in [0.1, 0.15) is 50.3 Å². The van der Waals surface area contributed by atoms with Crippen LogP contribution < -0.4 is 5.32 Å². The molecule has 1 fully saturated rings. The molecule has 1 N–H and O–H groups in total. The fraction of sp³-hybridized carbons (Fsp3) is 0.647. The zero-order valence-electron chi connectivity index (χ0n) is 12.8. The first-order valence-corrected chi connectivity index (χ1v) is 7.75. The highest BCUT2D eigenvalue weighted by molar-refractivity contribution is 5.29. The van der Waals surface area contributed by atoms with Crippen LogP contribution >= 0.6 is 0 Å². The molecule has 1 aliphatic carbocycles. The molecular formula is C17H26FNO. The number of hydrogen-bond donors (Lipinski definition) is 1. The van der Waals surface area contributed by atoms with Crippen LogP contribution in [0.2, 0.25) is 0 Å². The summed E-state index contributed by atoms with van der Waals surface area (Å²) < 4.78 is 19.1. The van der Waals surface area contributed by atoms with Crippen molar-refractivity contribution in [1.29, 1.82) is 0 Å². The molecule has 1 aliphatic rings. The minimum Gasteiger partial charge on any atom is -0.378 e. The van der Waals surface area contributed by atoms with Gasteiger partial charge in [0, 0.05) is 12.6 Å². The Bertz CT molecular complexity index is 429. The first-order valence-electron chi connectivity index (χ1n) is 7.75. The van der Waals surface area contributed by atoms with Gasteiger partial charge in [-0.25, -0.2) is 4.39 Å². The highest BCUT2D eigenvalue weighted by Crippen LogP contribution is 2.37. The van der Waals surface area contributed by atoms with Gasteiger partial charge in [-0.3, -0.25) is 0 Å². The second kappa shape index (κ2) is 7.19. The van der Waals surface area contributed by atoms with Gasteiger partial charge in [-0.15, -0.1) is 0 Å². The lowest BCUT2D eigenvalue weighted by molar-refractivity contribution is -0.0291. The highest BCUT2D eigenvalue weighted by atomic mass is 19.1. The van der Waals surface area contributed by atoms with Gasteiger partial charge in [-0.2, -0.15) is 0 Å². The molecule has 0 aliphatic heterocycles. The Morgan fingerprint density at radius 1 is 1.35 bits per heavy atom. The van der Waals surface area contributed by atoms with Crippen molar-refractivity contribution in [1.82, 2.24) is 5.32 Å². The summed E-state index contributed by atoms with van der Waals surface area (Å²) in [5.74, 6) is 0.549. The molecule has 1 atom stereocenters. The molecule has 1 aromatic rings. The van der Waals surface area contributed by atoms with E-state index in [1.54, 1.807) is 6.07 Å². The van der Waals surface area contributed by atoms with E-state index >= 15 is 0 Å². The van der Waals surface area contributed by atoms with E-state index < -0.39 is 0 Å². The van der Waals surface area contributed by atoms with Crippen LogP contribution in [-0.2, 0) is 4.74 Å². The summed E-state index contributed by atoms with van der Waals surface area (Å²) in [6.07, 6.45) is 3.80. The number of hydrogen-bond acceptors (Lipinski definition) is 2. The molecule has 0 spiro atoms. The first kappa shape index (κ1) is 15.5. The number of halogens is 1. The van der Waals surface area contributed by atoms with Gasteiger partial charge in [0.15, 0.2) is 0 Å². The minimum atomic E-state index is -0.144. The van der Waals surface area contributed by atoms with Crippen molar-refractivity contribution >= 4 is 0 Å². The van der Waals surface area contributed by atoms with E-state index in [2.05, 4.69) is 19.2 Å². The van der Waals surface area contributed by atoms with Crippen LogP contribution in [0.5, 0.6) is 0 Å². The summed E-state index contributed by atoms with van der Waals surface area (Å²) in [7, 11) is 0. The van der Waals surface area contributed by atoms with Gasteiger partial charge in [0.2, 0.25) is 0 Å². The number of benzene rings is 1. The summed E-state index contributed by atoms with van der Waals surface area (Å²) in [6.45, 7) is 7.92. The fourth-order valence-corrected chi connectivity index (χ4v) is 3.13. The van der Waals surface area contributed by atoms with E-state index in [9.17, 15) is 4.39 Å². The molecule has 1 saturated carbocycles. The molecule has 1 aromatic carbocycles. The Kier molecular flexibility index (Phi) is 5.55. The molecule has 112 valence electrons. The van der Waals surface area contributed by atoms with Gasteiger partial charge in [0.1, 0.15) is 5.82 Å². The molecule has 3 heteroatoms. The predicted octanol–water partition coefficient (Wildman–Crippen LogP) is 3.99. The van der Waals surface area contributed by atoms with Gasteiger partial charge >= 0.3 is 0 Å². The Morgan fingerprint density at radius 2 is 2.10 bits per heavy atom. The van der Waals surface area contributed by atoms with E-state index in [-0.39, 0.29) is 11.9 Å². The van der Waals surface area contributed by atoms with Gasteiger partial charge in [-0.1, -0.05) is 13.0 Å². The molecule has 2 rings (SSSR count). The predicted molar refractivity (Wildman–Crippen MR) is 80.3 cm³/mol. The second-order valence-electron chi connectivity index (χ2n) is 5.76. The van der Waals surface area contributed by atoms with Crippen LogP contribution in [-0.4, -0.2) is 19.3 Å². The zero-order valence-corrected chi connectivity index (χ0v) is 12.8. The lowest BCUT2D eigenvalue weighted by Crippen LogP contribution is -2.35. The second-order valence-corrected chi connectivity index (χ2v) is 5.76. The van der Waals surface area contributed by atoms with Crippen molar-refractivity contribution in [3.05, 3.63) is 35.1 Å². The van der Waals surface area contributed by atoms with Crippen molar-refractivity contribution in [2.24, 2.45) is 5.92 Å². The van der Waals surface area contributed by atoms with E-state index in [0.29, 0.717) is 12.0 Å². The minimum absolute atomic E-state index is 0.144. The van der Waals surface area contributed by atoms with Crippen LogP contribution in [0.15, 0.2) is 18.2 Å². The maximum atomic E-state index is 13.5. The quantitative estimate of drug-likeness (QED) is 0.815. The summed E-state index contributed by atoms with van der Waals surface area (Å²) in [6, 6.07) is 5.35. The van der Waals surface area contributed by atoms with Gasteiger partial charge in [0.05, 0.1) is 6.10 Å². The van der Waals surface area contributed by atoms with E-state index in [1.165, 1.54) is 6.07 Å². The SMILES string of the molecule is CCNC(CC1CC(OCC)C1)c1cc(F)ccc1C. The average molecular weight is 279 g/mol. The van der Waals surface area contributed by atoms with Gasteiger partial charge in [-0.05, 0) is 68.8 Å². The maximum Gasteiger partial charge on any atom is 0.123 e. The number of ether oxygens (including phenoxy) is 1. The summed E-state index contributed by atoms with van der Waals surface area (Å²) >= 11 is 0. The largest absolute Gasteiger partial charge is 0.378 e. The van der Waals surface area contributed by atoms with Crippen LogP contribution in [0, 0.1) is 18.7 Å². The molecule has 0 bridgehead atoms. The normalized spacial score (nSPS) is 23.4. The molecule has 0 amide bonds. The van der Waals surface area contributed by atoms with Crippen molar-refractivity contribution in [2.45, 2.75) is 52.2 Å². The van der Waals surface area contributed by atoms with Crippen LogP contribution in [0.25, 0.3) is 0 Å². The molecular weight excluding hydrogens is 253 g/mol. The molecule has 0 radical (unpaired) electrons. The summed E-state index contributed by atoms with van der Waals surface area (Å²) in [5.41, 5.74) is 2.27. The number of nitrogens with one attached hydrogen (secondary N) is 1. The van der Waals surface area contributed by atoms with Gasteiger partial charge in [0.25, 0.3) is 0 Å². The number of aryl methyl sites for hydroxylation is 1. The third kappa shape index (κ3) is 3.80. The lowest BCUT2D eigenvalue weighted by Gasteiger charge is -2.37. The van der Waals surface area contributed by atoms with E-state index in [4.69, 9.17) is 4.74 Å². The summed E-state index contributed by atoms with van der Waals surface area (Å²) in [4.78, 5) is 0. The zero-order chi connectivity index (χ0) is 14.5. The summed E-state index contributed by atoms with van der Waals surface area (Å²) in [5, 5.41) is 3.51. The Hall–Kier alpha value is -0.930. The van der Waals surface area contributed by atoms with Crippen molar-refractivity contribution < 1.29 is 9.13 Å². The highest BCUT2D eigenvalue weighted by Gasteiger charge is 2.31. The first-order chi connectivity index (χ1) is 9.63. The van der Waals surface area contributed by atoms with Crippen LogP contribution in [0.4, 0.5) is 4.39 Å². The Labute approximate surface area is 121 Å². The molecule has 0 heterocycles. The molecule has 1 unspecified atom stereocenters. The van der Waals surface area contributed by atoms with Crippen molar-refractivity contribution in [2.75, 3.05) is 13.2 Å². The maximum absolute atomic E-state index is 13.5. The smallest absolute Gasteiger partial charge is 0.123 e. The van der Waals surface area contributed by atoms with Gasteiger partial charge < -0.3 is 10.1 Å².